The molecular weight excluding hydrogens is 495 g/mol. The van der Waals surface area contributed by atoms with Crippen molar-refractivity contribution >= 4 is 29.1 Å². The van der Waals surface area contributed by atoms with Crippen molar-refractivity contribution in [2.75, 3.05) is 0 Å². The minimum absolute atomic E-state index is 0.0324. The maximum absolute atomic E-state index is 13.3. The molecule has 1 amide bonds. The first-order chi connectivity index (χ1) is 17.4. The fourth-order valence-electron chi connectivity index (χ4n) is 4.52. The molecule has 0 radical (unpaired) electrons. The van der Waals surface area contributed by atoms with E-state index in [1.165, 1.54) is 32.1 Å². The second-order valence-corrected chi connectivity index (χ2v) is 10.4. The van der Waals surface area contributed by atoms with Gasteiger partial charge in [-0.1, -0.05) is 67.4 Å². The lowest BCUT2D eigenvalue weighted by molar-refractivity contribution is 0.0936. The Morgan fingerprint density at radius 2 is 1.69 bits per heavy atom. The summed E-state index contributed by atoms with van der Waals surface area (Å²) in [4.78, 5) is 13.3. The average Bonchev–Trinajstić information content (AvgIpc) is 3.18. The van der Waals surface area contributed by atoms with Crippen molar-refractivity contribution in [1.29, 1.82) is 0 Å². The van der Waals surface area contributed by atoms with Crippen molar-refractivity contribution in [2.24, 2.45) is 0 Å². The normalized spacial score (nSPS) is 14.9. The van der Waals surface area contributed by atoms with E-state index in [0.717, 1.165) is 12.8 Å². The van der Waals surface area contributed by atoms with Gasteiger partial charge < -0.3 is 15.4 Å². The third-order valence-corrected chi connectivity index (χ3v) is 6.92. The summed E-state index contributed by atoms with van der Waals surface area (Å²) in [5.41, 5.74) is 1.66. The first-order valence-electron chi connectivity index (χ1n) is 12.8. The Morgan fingerprint density at radius 3 is 2.36 bits per heavy atom. The van der Waals surface area contributed by atoms with Crippen LogP contribution in [0, 0.1) is 0 Å². The van der Waals surface area contributed by atoms with Crippen LogP contribution in [0.3, 0.4) is 0 Å². The van der Waals surface area contributed by atoms with Crippen LogP contribution in [0.1, 0.15) is 74.8 Å². The summed E-state index contributed by atoms with van der Waals surface area (Å²) in [7, 11) is 0. The molecule has 192 valence electrons. The number of nitrogens with one attached hydrogen (secondary N) is 2. The van der Waals surface area contributed by atoms with E-state index < -0.39 is 0 Å². The molecule has 2 N–H and O–H groups in total. The molecule has 2 aromatic carbocycles. The van der Waals surface area contributed by atoms with Gasteiger partial charge in [0.25, 0.3) is 5.91 Å². The zero-order chi connectivity index (χ0) is 25.5. The van der Waals surface area contributed by atoms with Crippen LogP contribution >= 0.6 is 23.2 Å². The highest BCUT2D eigenvalue weighted by molar-refractivity contribution is 6.32. The third-order valence-electron chi connectivity index (χ3n) is 6.35. The van der Waals surface area contributed by atoms with Crippen molar-refractivity contribution < 1.29 is 9.53 Å². The van der Waals surface area contributed by atoms with Crippen LogP contribution in [0.15, 0.2) is 48.5 Å². The summed E-state index contributed by atoms with van der Waals surface area (Å²) in [5, 5.41) is 12.5. The summed E-state index contributed by atoms with van der Waals surface area (Å²) < 4.78 is 8.01. The third kappa shape index (κ3) is 6.81. The first kappa shape index (κ1) is 26.5. The molecular formula is C28H34Cl2N4O2. The Bertz CT molecular complexity index is 1150. The van der Waals surface area contributed by atoms with Crippen molar-refractivity contribution in [3.63, 3.8) is 0 Å². The van der Waals surface area contributed by atoms with Crippen LogP contribution in [-0.2, 0) is 6.54 Å². The largest absolute Gasteiger partial charge is 0.439 e. The number of carbonyl (C=O) groups is 1. The number of para-hydroxylation sites is 1. The minimum atomic E-state index is -0.244. The summed E-state index contributed by atoms with van der Waals surface area (Å²) in [5.74, 6) is 0.805. The number of nitrogens with zero attached hydrogens (tertiary/aromatic N) is 2. The Hall–Kier alpha value is -2.54. The highest BCUT2D eigenvalue weighted by atomic mass is 35.5. The van der Waals surface area contributed by atoms with Crippen LogP contribution in [-0.4, -0.2) is 27.8 Å². The molecule has 0 saturated heterocycles. The Kier molecular flexibility index (Phi) is 9.30. The van der Waals surface area contributed by atoms with E-state index in [2.05, 4.69) is 10.6 Å². The molecule has 8 heteroatoms. The van der Waals surface area contributed by atoms with Gasteiger partial charge in [-0.2, -0.15) is 9.78 Å². The van der Waals surface area contributed by atoms with Gasteiger partial charge in [0, 0.05) is 23.7 Å². The Balaban J connectivity index is 1.77. The van der Waals surface area contributed by atoms with Gasteiger partial charge >= 0.3 is 0 Å². The van der Waals surface area contributed by atoms with Gasteiger partial charge in [-0.3, -0.25) is 4.79 Å². The zero-order valence-corrected chi connectivity index (χ0v) is 22.4. The second-order valence-electron chi connectivity index (χ2n) is 9.60. The van der Waals surface area contributed by atoms with Gasteiger partial charge in [0.05, 0.1) is 16.3 Å². The summed E-state index contributed by atoms with van der Waals surface area (Å²) in [6.07, 6.45) is 8.54. The van der Waals surface area contributed by atoms with E-state index in [4.69, 9.17) is 33.0 Å². The molecule has 4 rings (SSSR count). The van der Waals surface area contributed by atoms with Gasteiger partial charge in [-0.15, -0.1) is 0 Å². The molecule has 0 aliphatic heterocycles. The fourth-order valence-corrected chi connectivity index (χ4v) is 4.86. The maximum Gasteiger partial charge on any atom is 0.272 e. The number of halogens is 2. The molecule has 36 heavy (non-hydrogen) atoms. The number of aromatic nitrogens is 2. The van der Waals surface area contributed by atoms with Gasteiger partial charge in [0.15, 0.2) is 5.69 Å². The van der Waals surface area contributed by atoms with Crippen molar-refractivity contribution in [2.45, 2.75) is 77.4 Å². The molecule has 3 aromatic rings. The second kappa shape index (κ2) is 12.6. The van der Waals surface area contributed by atoms with Crippen LogP contribution in [0.4, 0.5) is 0 Å². The van der Waals surface area contributed by atoms with Gasteiger partial charge in [0.2, 0.25) is 5.88 Å². The smallest absolute Gasteiger partial charge is 0.272 e. The van der Waals surface area contributed by atoms with E-state index >= 15 is 0 Å². The summed E-state index contributed by atoms with van der Waals surface area (Å²) in [6.45, 7) is 4.32. The van der Waals surface area contributed by atoms with E-state index in [-0.39, 0.29) is 11.9 Å². The Labute approximate surface area is 223 Å². The fraction of sp³-hybridized carbons (Fsp3) is 0.429. The van der Waals surface area contributed by atoms with Crippen molar-refractivity contribution in [3.8, 4) is 17.3 Å². The highest BCUT2D eigenvalue weighted by Gasteiger charge is 2.27. The molecule has 0 spiro atoms. The molecule has 0 atom stereocenters. The van der Waals surface area contributed by atoms with E-state index in [0.29, 0.717) is 51.2 Å². The van der Waals surface area contributed by atoms with E-state index in [1.54, 1.807) is 35.0 Å². The molecule has 1 aliphatic rings. The predicted molar refractivity (Wildman–Crippen MR) is 146 cm³/mol. The predicted octanol–water partition coefficient (Wildman–Crippen LogP) is 7.31. The number of hydrogen-bond acceptors (Lipinski definition) is 4. The molecule has 1 aliphatic carbocycles. The van der Waals surface area contributed by atoms with Crippen LogP contribution in [0.2, 0.25) is 10.0 Å². The molecule has 1 fully saturated rings. The van der Waals surface area contributed by atoms with Gasteiger partial charge in [-0.05, 0) is 63.1 Å². The molecule has 6 nitrogen and oxygen atoms in total. The standard InChI is InChI=1S/C28H34Cl2N4O2/c1-19(2)32-27(35)26-23(18-31-21-10-6-4-3-5-7-11-21)28(36-22-16-14-20(29)15-17-22)34(33-26)25-13-9-8-12-24(25)30/h8-9,12-17,19,21,31H,3-7,10-11,18H2,1-2H3,(H,32,35). The number of amides is 1. The van der Waals surface area contributed by atoms with E-state index in [1.807, 2.05) is 32.0 Å². The topological polar surface area (TPSA) is 68.2 Å². The number of benzene rings is 2. The lowest BCUT2D eigenvalue weighted by atomic mass is 9.96. The number of rotatable bonds is 8. The van der Waals surface area contributed by atoms with Crippen molar-refractivity contribution in [3.05, 3.63) is 69.8 Å². The zero-order valence-electron chi connectivity index (χ0n) is 20.9. The minimum Gasteiger partial charge on any atom is -0.439 e. The number of hydrogen-bond donors (Lipinski definition) is 2. The Morgan fingerprint density at radius 1 is 1.03 bits per heavy atom. The molecule has 1 saturated carbocycles. The molecule has 1 heterocycles. The summed E-state index contributed by atoms with van der Waals surface area (Å²) in [6, 6.07) is 14.9. The van der Waals surface area contributed by atoms with Gasteiger partial charge in [0.1, 0.15) is 5.75 Å². The number of ether oxygens (including phenoxy) is 1. The van der Waals surface area contributed by atoms with E-state index in [9.17, 15) is 4.79 Å². The maximum atomic E-state index is 13.3. The lowest BCUT2D eigenvalue weighted by Gasteiger charge is -2.21. The highest BCUT2D eigenvalue weighted by Crippen LogP contribution is 2.34. The molecule has 0 bridgehead atoms. The monoisotopic (exact) mass is 528 g/mol. The molecule has 0 unspecified atom stereocenters. The average molecular weight is 530 g/mol. The first-order valence-corrected chi connectivity index (χ1v) is 13.5. The quantitative estimate of drug-likeness (QED) is 0.321. The van der Waals surface area contributed by atoms with Gasteiger partial charge in [-0.25, -0.2) is 0 Å². The lowest BCUT2D eigenvalue weighted by Crippen LogP contribution is -2.33. The van der Waals surface area contributed by atoms with Crippen molar-refractivity contribution in [1.82, 2.24) is 20.4 Å². The van der Waals surface area contributed by atoms with Crippen LogP contribution in [0.25, 0.3) is 5.69 Å². The number of carbonyl (C=O) groups excluding carboxylic acids is 1. The van der Waals surface area contributed by atoms with Crippen LogP contribution in [0.5, 0.6) is 11.6 Å². The SMILES string of the molecule is CC(C)NC(=O)c1nn(-c2ccccc2Cl)c(Oc2ccc(Cl)cc2)c1CNC1CCCCCCC1. The molecule has 1 aromatic heterocycles. The van der Waals surface area contributed by atoms with Crippen LogP contribution < -0.4 is 15.4 Å². The summed E-state index contributed by atoms with van der Waals surface area (Å²) >= 11 is 12.7.